The van der Waals surface area contributed by atoms with Gasteiger partial charge >= 0.3 is 17.9 Å². The molecule has 8 heteroatoms. The average molecular weight is 418 g/mol. The largest absolute Gasteiger partial charge is 0.458 e. The quantitative estimate of drug-likeness (QED) is 0.320. The summed E-state index contributed by atoms with van der Waals surface area (Å²) in [5.74, 6) is -2.17. The SMILES string of the molecule is C=C1C(=O)OC2C=C(C)C(OC(C)=O)CC=C(C)CC(OC(=O)C3=CC(O)OC3)C12. The molecule has 0 saturated carbocycles. The van der Waals surface area contributed by atoms with E-state index in [1.807, 2.05) is 13.0 Å². The maximum atomic E-state index is 12.6. The summed E-state index contributed by atoms with van der Waals surface area (Å²) in [5, 5.41) is 9.45. The van der Waals surface area contributed by atoms with E-state index in [0.29, 0.717) is 12.8 Å². The number of carbonyl (C=O) groups excluding carboxylic acids is 3. The van der Waals surface area contributed by atoms with Crippen molar-refractivity contribution in [1.82, 2.24) is 0 Å². The predicted molar refractivity (Wildman–Crippen MR) is 105 cm³/mol. The van der Waals surface area contributed by atoms with Crippen LogP contribution in [-0.4, -0.2) is 54.2 Å². The van der Waals surface area contributed by atoms with E-state index in [2.05, 4.69) is 6.58 Å². The van der Waals surface area contributed by atoms with Crippen molar-refractivity contribution in [3.63, 3.8) is 0 Å². The summed E-state index contributed by atoms with van der Waals surface area (Å²) in [4.78, 5) is 36.3. The number of ether oxygens (including phenoxy) is 4. The van der Waals surface area contributed by atoms with Gasteiger partial charge in [-0.25, -0.2) is 9.59 Å². The fraction of sp³-hybridized carbons (Fsp3) is 0.500. The number of hydrogen-bond acceptors (Lipinski definition) is 8. The molecule has 2 aliphatic heterocycles. The molecular weight excluding hydrogens is 392 g/mol. The Morgan fingerprint density at radius 1 is 1.23 bits per heavy atom. The van der Waals surface area contributed by atoms with E-state index in [-0.39, 0.29) is 17.8 Å². The summed E-state index contributed by atoms with van der Waals surface area (Å²) in [5.41, 5.74) is 2.07. The van der Waals surface area contributed by atoms with Crippen molar-refractivity contribution in [2.24, 2.45) is 5.92 Å². The number of fused-ring (bicyclic) bond motifs is 1. The van der Waals surface area contributed by atoms with Gasteiger partial charge < -0.3 is 24.1 Å². The standard InChI is InChI=1S/C22H26O8/c1-11-5-6-16(28-14(4)23)12(2)8-18-20(13(3)21(25)29-18)17(7-11)30-22(26)15-9-19(24)27-10-15/h5,8-9,16-20,24H,3,6-7,10H2,1-2,4H3. The molecule has 3 rings (SSSR count). The molecule has 162 valence electrons. The predicted octanol–water partition coefficient (Wildman–Crippen LogP) is 1.89. The van der Waals surface area contributed by atoms with Gasteiger partial charge in [0.15, 0.2) is 6.29 Å². The zero-order chi connectivity index (χ0) is 22.0. The molecule has 8 nitrogen and oxygen atoms in total. The van der Waals surface area contributed by atoms with Crippen molar-refractivity contribution in [3.8, 4) is 0 Å². The molecule has 1 fully saturated rings. The summed E-state index contributed by atoms with van der Waals surface area (Å²) in [6, 6.07) is 0. The molecule has 1 N–H and O–H groups in total. The van der Waals surface area contributed by atoms with Crippen LogP contribution < -0.4 is 0 Å². The molecule has 5 atom stereocenters. The average Bonchev–Trinajstić information content (AvgIpc) is 3.21. The molecule has 1 aliphatic carbocycles. The molecule has 0 aromatic carbocycles. The number of rotatable bonds is 3. The molecule has 30 heavy (non-hydrogen) atoms. The van der Waals surface area contributed by atoms with Gasteiger partial charge in [0.2, 0.25) is 0 Å². The third-order valence-corrected chi connectivity index (χ3v) is 5.38. The first-order valence-corrected chi connectivity index (χ1v) is 9.78. The van der Waals surface area contributed by atoms with Crippen molar-refractivity contribution in [3.05, 3.63) is 47.1 Å². The second kappa shape index (κ2) is 8.97. The summed E-state index contributed by atoms with van der Waals surface area (Å²) >= 11 is 0. The Kier molecular flexibility index (Phi) is 6.58. The normalized spacial score (nSPS) is 31.7. The highest BCUT2D eigenvalue weighted by molar-refractivity contribution is 5.92. The van der Waals surface area contributed by atoms with Crippen molar-refractivity contribution >= 4 is 17.9 Å². The lowest BCUT2D eigenvalue weighted by atomic mass is 9.85. The second-order valence-corrected chi connectivity index (χ2v) is 7.76. The topological polar surface area (TPSA) is 108 Å². The number of aliphatic hydroxyl groups excluding tert-OH is 1. The highest BCUT2D eigenvalue weighted by Crippen LogP contribution is 2.37. The Bertz CT molecular complexity index is 849. The fourth-order valence-electron chi connectivity index (χ4n) is 3.81. The lowest BCUT2D eigenvalue weighted by Gasteiger charge is -2.28. The maximum Gasteiger partial charge on any atom is 0.336 e. The van der Waals surface area contributed by atoms with Gasteiger partial charge in [-0.1, -0.05) is 18.2 Å². The summed E-state index contributed by atoms with van der Waals surface area (Å²) in [6.07, 6.45) is 2.72. The first kappa shape index (κ1) is 22.0. The molecule has 2 heterocycles. The minimum Gasteiger partial charge on any atom is -0.458 e. The van der Waals surface area contributed by atoms with Crippen LogP contribution >= 0.6 is 0 Å². The van der Waals surface area contributed by atoms with Crippen LogP contribution in [0.2, 0.25) is 0 Å². The third kappa shape index (κ3) is 4.88. The zero-order valence-corrected chi connectivity index (χ0v) is 17.3. The fourth-order valence-corrected chi connectivity index (χ4v) is 3.81. The van der Waals surface area contributed by atoms with Gasteiger partial charge in [0, 0.05) is 25.3 Å². The third-order valence-electron chi connectivity index (χ3n) is 5.38. The van der Waals surface area contributed by atoms with Crippen LogP contribution in [0.3, 0.4) is 0 Å². The zero-order valence-electron chi connectivity index (χ0n) is 17.3. The van der Waals surface area contributed by atoms with Gasteiger partial charge in [-0.2, -0.15) is 0 Å². The van der Waals surface area contributed by atoms with E-state index in [4.69, 9.17) is 18.9 Å². The molecule has 1 saturated heterocycles. The molecule has 0 amide bonds. The first-order valence-electron chi connectivity index (χ1n) is 9.78. The van der Waals surface area contributed by atoms with E-state index >= 15 is 0 Å². The van der Waals surface area contributed by atoms with Gasteiger partial charge in [0.1, 0.15) is 18.3 Å². The molecule has 0 radical (unpaired) electrons. The van der Waals surface area contributed by atoms with E-state index < -0.39 is 48.4 Å². The molecule has 0 spiro atoms. The van der Waals surface area contributed by atoms with Crippen LogP contribution in [0.1, 0.15) is 33.6 Å². The van der Waals surface area contributed by atoms with E-state index in [1.54, 1.807) is 13.0 Å². The van der Waals surface area contributed by atoms with Gasteiger partial charge in [0.05, 0.1) is 18.1 Å². The van der Waals surface area contributed by atoms with Crippen molar-refractivity contribution < 1.29 is 38.4 Å². The monoisotopic (exact) mass is 418 g/mol. The van der Waals surface area contributed by atoms with Gasteiger partial charge in [-0.05, 0) is 31.6 Å². The Labute approximate surface area is 174 Å². The smallest absolute Gasteiger partial charge is 0.336 e. The van der Waals surface area contributed by atoms with Gasteiger partial charge in [-0.3, -0.25) is 4.79 Å². The lowest BCUT2D eigenvalue weighted by Crippen LogP contribution is -2.34. The molecular formula is C22H26O8. The van der Waals surface area contributed by atoms with E-state index in [0.717, 1.165) is 11.1 Å². The minimum atomic E-state index is -1.14. The van der Waals surface area contributed by atoms with Crippen LogP contribution in [0.25, 0.3) is 0 Å². The number of hydrogen-bond donors (Lipinski definition) is 1. The highest BCUT2D eigenvalue weighted by Gasteiger charge is 2.45. The Morgan fingerprint density at radius 3 is 2.60 bits per heavy atom. The first-order chi connectivity index (χ1) is 14.2. The van der Waals surface area contributed by atoms with E-state index in [1.165, 1.54) is 13.0 Å². The van der Waals surface area contributed by atoms with Crippen LogP contribution in [-0.2, 0) is 33.3 Å². The Morgan fingerprint density at radius 2 is 1.97 bits per heavy atom. The lowest BCUT2D eigenvalue weighted by molar-refractivity contribution is -0.148. The van der Waals surface area contributed by atoms with Crippen molar-refractivity contribution in [2.45, 2.75) is 58.2 Å². The summed E-state index contributed by atoms with van der Waals surface area (Å²) in [6.45, 7) is 8.83. The van der Waals surface area contributed by atoms with Crippen LogP contribution in [0, 0.1) is 5.92 Å². The number of carbonyl (C=O) groups is 3. The Hall–Kier alpha value is -2.71. The molecule has 5 unspecified atom stereocenters. The van der Waals surface area contributed by atoms with Crippen molar-refractivity contribution in [2.75, 3.05) is 6.61 Å². The molecule has 0 aromatic rings. The van der Waals surface area contributed by atoms with Crippen LogP contribution in [0.4, 0.5) is 0 Å². The highest BCUT2D eigenvalue weighted by atomic mass is 16.6. The molecule has 0 aromatic heterocycles. The van der Waals surface area contributed by atoms with Gasteiger partial charge in [0.25, 0.3) is 0 Å². The maximum absolute atomic E-state index is 12.6. The van der Waals surface area contributed by atoms with E-state index in [9.17, 15) is 19.5 Å². The number of aliphatic hydroxyl groups is 1. The molecule has 0 bridgehead atoms. The molecule has 3 aliphatic rings. The minimum absolute atomic E-state index is 0.0465. The van der Waals surface area contributed by atoms with Crippen molar-refractivity contribution in [1.29, 1.82) is 0 Å². The number of esters is 3. The second-order valence-electron chi connectivity index (χ2n) is 7.76. The Balaban J connectivity index is 1.92. The van der Waals surface area contributed by atoms with Crippen LogP contribution in [0.15, 0.2) is 47.1 Å². The summed E-state index contributed by atoms with van der Waals surface area (Å²) in [7, 11) is 0. The van der Waals surface area contributed by atoms with Crippen LogP contribution in [0.5, 0.6) is 0 Å². The van der Waals surface area contributed by atoms with Gasteiger partial charge in [-0.15, -0.1) is 0 Å². The summed E-state index contributed by atoms with van der Waals surface area (Å²) < 4.78 is 21.6.